The molecule has 1 aromatic heterocycles. The van der Waals surface area contributed by atoms with Gasteiger partial charge in [0.2, 0.25) is 0 Å². The Morgan fingerprint density at radius 1 is 1.00 bits per heavy atom. The number of aromatic nitrogens is 1. The quantitative estimate of drug-likeness (QED) is 0.710. The molecule has 3 rings (SSSR count). The molecular weight excluding hydrogens is 288 g/mol. The molecule has 0 aliphatic heterocycles. The minimum absolute atomic E-state index is 0.0803. The van der Waals surface area contributed by atoms with Crippen LogP contribution >= 0.6 is 0 Å². The third-order valence-corrected chi connectivity index (χ3v) is 3.51. The van der Waals surface area contributed by atoms with Crippen LogP contribution in [0.5, 0.6) is 5.75 Å². The number of carbonyl (C=O) groups is 1. The molecule has 23 heavy (non-hydrogen) atoms. The first-order valence-electron chi connectivity index (χ1n) is 7.64. The van der Waals surface area contributed by atoms with Crippen molar-refractivity contribution in [2.24, 2.45) is 0 Å². The lowest BCUT2D eigenvalue weighted by Crippen LogP contribution is -2.25. The second-order valence-electron chi connectivity index (χ2n) is 5.15. The van der Waals surface area contributed by atoms with Gasteiger partial charge in [-0.25, -0.2) is 0 Å². The van der Waals surface area contributed by atoms with Gasteiger partial charge < -0.3 is 10.1 Å². The standard InChI is InChI=1S/C19H18N2O2/c22-19(17-11-13-20-18-10-5-4-9-16(17)18)21-12-6-14-23-15-7-2-1-3-8-15/h1-5,7-11,13H,6,12,14H2,(H,21,22). The SMILES string of the molecule is O=C(NCCCOc1ccccc1)c1ccnc2ccccc12. The van der Waals surface area contributed by atoms with E-state index in [2.05, 4.69) is 10.3 Å². The number of nitrogens with one attached hydrogen (secondary N) is 1. The van der Waals surface area contributed by atoms with E-state index in [0.29, 0.717) is 18.7 Å². The molecule has 0 saturated heterocycles. The number of ether oxygens (including phenoxy) is 1. The number of benzene rings is 2. The van der Waals surface area contributed by atoms with E-state index in [4.69, 9.17) is 4.74 Å². The van der Waals surface area contributed by atoms with Crippen LogP contribution in [0.15, 0.2) is 66.9 Å². The average molecular weight is 306 g/mol. The van der Waals surface area contributed by atoms with Crippen LogP contribution in [0.3, 0.4) is 0 Å². The molecule has 0 aliphatic carbocycles. The van der Waals surface area contributed by atoms with Crippen LogP contribution in [-0.2, 0) is 0 Å². The number of nitrogens with zero attached hydrogens (tertiary/aromatic N) is 1. The number of carbonyl (C=O) groups excluding carboxylic acids is 1. The number of fused-ring (bicyclic) bond motifs is 1. The second kappa shape index (κ2) is 7.40. The number of pyridine rings is 1. The van der Waals surface area contributed by atoms with E-state index in [1.54, 1.807) is 12.3 Å². The first-order chi connectivity index (χ1) is 11.3. The minimum atomic E-state index is -0.0803. The van der Waals surface area contributed by atoms with Crippen molar-refractivity contribution in [3.8, 4) is 5.75 Å². The van der Waals surface area contributed by atoms with Crippen molar-refractivity contribution in [1.29, 1.82) is 0 Å². The molecule has 0 bridgehead atoms. The minimum Gasteiger partial charge on any atom is -0.494 e. The van der Waals surface area contributed by atoms with Crippen molar-refractivity contribution < 1.29 is 9.53 Å². The molecule has 0 atom stereocenters. The third kappa shape index (κ3) is 3.86. The normalized spacial score (nSPS) is 10.4. The molecule has 2 aromatic carbocycles. The lowest BCUT2D eigenvalue weighted by molar-refractivity contribution is 0.0953. The Morgan fingerprint density at radius 2 is 1.78 bits per heavy atom. The molecule has 0 spiro atoms. The number of para-hydroxylation sites is 2. The molecule has 0 radical (unpaired) electrons. The fourth-order valence-electron chi connectivity index (χ4n) is 2.37. The Hall–Kier alpha value is -2.88. The summed E-state index contributed by atoms with van der Waals surface area (Å²) >= 11 is 0. The lowest BCUT2D eigenvalue weighted by Gasteiger charge is -2.08. The summed E-state index contributed by atoms with van der Waals surface area (Å²) in [5.41, 5.74) is 1.48. The van der Waals surface area contributed by atoms with Crippen LogP contribution in [0.2, 0.25) is 0 Å². The maximum atomic E-state index is 12.3. The van der Waals surface area contributed by atoms with E-state index in [1.165, 1.54) is 0 Å². The van der Waals surface area contributed by atoms with Gasteiger partial charge in [0.05, 0.1) is 17.7 Å². The van der Waals surface area contributed by atoms with Gasteiger partial charge in [-0.05, 0) is 30.7 Å². The predicted molar refractivity (Wildman–Crippen MR) is 90.6 cm³/mol. The topological polar surface area (TPSA) is 51.2 Å². The van der Waals surface area contributed by atoms with Crippen LogP contribution in [0.1, 0.15) is 16.8 Å². The van der Waals surface area contributed by atoms with Gasteiger partial charge in [0, 0.05) is 18.1 Å². The monoisotopic (exact) mass is 306 g/mol. The summed E-state index contributed by atoms with van der Waals surface area (Å²) in [5.74, 6) is 0.766. The highest BCUT2D eigenvalue weighted by atomic mass is 16.5. The van der Waals surface area contributed by atoms with E-state index < -0.39 is 0 Å². The van der Waals surface area contributed by atoms with E-state index >= 15 is 0 Å². The summed E-state index contributed by atoms with van der Waals surface area (Å²) in [6, 6.07) is 19.0. The summed E-state index contributed by atoms with van der Waals surface area (Å²) in [7, 11) is 0. The summed E-state index contributed by atoms with van der Waals surface area (Å²) < 4.78 is 5.60. The van der Waals surface area contributed by atoms with Crippen LogP contribution < -0.4 is 10.1 Å². The van der Waals surface area contributed by atoms with Crippen molar-refractivity contribution >= 4 is 16.8 Å². The van der Waals surface area contributed by atoms with Gasteiger partial charge in [0.25, 0.3) is 5.91 Å². The van der Waals surface area contributed by atoms with Gasteiger partial charge in [-0.1, -0.05) is 36.4 Å². The fraction of sp³-hybridized carbons (Fsp3) is 0.158. The summed E-state index contributed by atoms with van der Waals surface area (Å²) in [5, 5.41) is 3.80. The van der Waals surface area contributed by atoms with Gasteiger partial charge in [-0.3, -0.25) is 9.78 Å². The van der Waals surface area contributed by atoms with Crippen molar-refractivity contribution in [1.82, 2.24) is 10.3 Å². The van der Waals surface area contributed by atoms with Crippen molar-refractivity contribution in [2.45, 2.75) is 6.42 Å². The highest BCUT2D eigenvalue weighted by molar-refractivity contribution is 6.05. The molecule has 0 saturated carbocycles. The van der Waals surface area contributed by atoms with Gasteiger partial charge in [0.1, 0.15) is 5.75 Å². The first kappa shape index (κ1) is 15.0. The Labute approximate surface area is 135 Å². The molecule has 1 amide bonds. The molecule has 116 valence electrons. The Balaban J connectivity index is 1.51. The van der Waals surface area contributed by atoms with Crippen molar-refractivity contribution in [3.63, 3.8) is 0 Å². The van der Waals surface area contributed by atoms with E-state index in [1.807, 2.05) is 54.6 Å². The number of hydrogen-bond donors (Lipinski definition) is 1. The molecular formula is C19H18N2O2. The van der Waals surface area contributed by atoms with Crippen LogP contribution in [0.25, 0.3) is 10.9 Å². The highest BCUT2D eigenvalue weighted by Crippen LogP contribution is 2.15. The third-order valence-electron chi connectivity index (χ3n) is 3.51. The fourth-order valence-corrected chi connectivity index (χ4v) is 2.37. The summed E-state index contributed by atoms with van der Waals surface area (Å²) in [6.07, 6.45) is 2.42. The van der Waals surface area contributed by atoms with Gasteiger partial charge in [-0.2, -0.15) is 0 Å². The maximum Gasteiger partial charge on any atom is 0.252 e. The zero-order valence-corrected chi connectivity index (χ0v) is 12.7. The summed E-state index contributed by atoms with van der Waals surface area (Å²) in [6.45, 7) is 1.14. The molecule has 1 N–H and O–H groups in total. The van der Waals surface area contributed by atoms with Crippen LogP contribution in [0, 0.1) is 0 Å². The van der Waals surface area contributed by atoms with E-state index in [0.717, 1.165) is 23.1 Å². The Kier molecular flexibility index (Phi) is 4.84. The molecule has 0 fully saturated rings. The first-order valence-corrected chi connectivity index (χ1v) is 7.64. The Bertz CT molecular complexity index is 782. The largest absolute Gasteiger partial charge is 0.494 e. The van der Waals surface area contributed by atoms with E-state index in [-0.39, 0.29) is 5.91 Å². The average Bonchev–Trinajstić information content (AvgIpc) is 2.61. The van der Waals surface area contributed by atoms with Gasteiger partial charge in [-0.15, -0.1) is 0 Å². The second-order valence-corrected chi connectivity index (χ2v) is 5.15. The zero-order valence-electron chi connectivity index (χ0n) is 12.7. The van der Waals surface area contributed by atoms with Gasteiger partial charge >= 0.3 is 0 Å². The van der Waals surface area contributed by atoms with Crippen LogP contribution in [0.4, 0.5) is 0 Å². The number of hydrogen-bond acceptors (Lipinski definition) is 3. The number of amides is 1. The van der Waals surface area contributed by atoms with Gasteiger partial charge in [0.15, 0.2) is 0 Å². The number of rotatable bonds is 6. The maximum absolute atomic E-state index is 12.3. The van der Waals surface area contributed by atoms with Crippen molar-refractivity contribution in [3.05, 3.63) is 72.4 Å². The molecule has 0 unspecified atom stereocenters. The predicted octanol–water partition coefficient (Wildman–Crippen LogP) is 3.43. The summed E-state index contributed by atoms with van der Waals surface area (Å²) in [4.78, 5) is 16.6. The molecule has 1 heterocycles. The van der Waals surface area contributed by atoms with E-state index in [9.17, 15) is 4.79 Å². The molecule has 4 nitrogen and oxygen atoms in total. The zero-order chi connectivity index (χ0) is 15.9. The molecule has 3 aromatic rings. The molecule has 0 aliphatic rings. The lowest BCUT2D eigenvalue weighted by atomic mass is 10.1. The highest BCUT2D eigenvalue weighted by Gasteiger charge is 2.09. The smallest absolute Gasteiger partial charge is 0.252 e. The Morgan fingerprint density at radius 3 is 2.65 bits per heavy atom. The molecule has 4 heteroatoms. The van der Waals surface area contributed by atoms with Crippen LogP contribution in [-0.4, -0.2) is 24.0 Å². The van der Waals surface area contributed by atoms with Crippen molar-refractivity contribution in [2.75, 3.05) is 13.2 Å².